The zero-order chi connectivity index (χ0) is 16.2. The van der Waals surface area contributed by atoms with Crippen LogP contribution in [0.15, 0.2) is 42.7 Å². The van der Waals surface area contributed by atoms with Gasteiger partial charge in [-0.2, -0.15) is 5.10 Å². The molecular formula is C17H20FN3O2. The Hall–Kier alpha value is -2.21. The molecule has 2 heterocycles. The number of rotatable bonds is 6. The number of likely N-dealkylation sites (tertiary alicyclic amines) is 1. The number of halogens is 1. The number of carbonyl (C=O) groups excluding carboxylic acids is 1. The standard InChI is InChI=1S/C17H20FN3O2/c1-2-16(21-8-4-7-19-21)17(22)20-10-15(11-20)23-12-13-5-3-6-14(18)9-13/h3-9,15-16H,2,10-12H2,1H3. The van der Waals surface area contributed by atoms with Gasteiger partial charge in [0.1, 0.15) is 11.9 Å². The van der Waals surface area contributed by atoms with Crippen LogP contribution in [0, 0.1) is 5.82 Å². The van der Waals surface area contributed by atoms with Crippen LogP contribution < -0.4 is 0 Å². The van der Waals surface area contributed by atoms with E-state index in [-0.39, 0.29) is 23.9 Å². The first kappa shape index (κ1) is 15.7. The molecule has 1 saturated heterocycles. The van der Waals surface area contributed by atoms with Gasteiger partial charge in [0, 0.05) is 25.5 Å². The SMILES string of the molecule is CCC(C(=O)N1CC(OCc2cccc(F)c2)C1)n1cccn1. The smallest absolute Gasteiger partial charge is 0.247 e. The third-order valence-electron chi connectivity index (χ3n) is 4.05. The fraction of sp³-hybridized carbons (Fsp3) is 0.412. The Bertz CT molecular complexity index is 654. The second-order valence-corrected chi connectivity index (χ2v) is 5.72. The third kappa shape index (κ3) is 3.59. The molecule has 1 fully saturated rings. The fourth-order valence-corrected chi connectivity index (χ4v) is 2.71. The van der Waals surface area contributed by atoms with E-state index in [0.29, 0.717) is 26.1 Å². The van der Waals surface area contributed by atoms with Gasteiger partial charge < -0.3 is 9.64 Å². The Morgan fingerprint density at radius 1 is 1.43 bits per heavy atom. The van der Waals surface area contributed by atoms with E-state index in [2.05, 4.69) is 5.10 Å². The van der Waals surface area contributed by atoms with Crippen molar-refractivity contribution in [2.75, 3.05) is 13.1 Å². The summed E-state index contributed by atoms with van der Waals surface area (Å²) in [4.78, 5) is 14.3. The molecule has 5 nitrogen and oxygen atoms in total. The van der Waals surface area contributed by atoms with Crippen LogP contribution in [0.4, 0.5) is 4.39 Å². The summed E-state index contributed by atoms with van der Waals surface area (Å²) in [6.07, 6.45) is 4.20. The summed E-state index contributed by atoms with van der Waals surface area (Å²) in [7, 11) is 0. The Kier molecular flexibility index (Phi) is 4.71. The Balaban J connectivity index is 1.48. The highest BCUT2D eigenvalue weighted by Crippen LogP contribution is 2.21. The molecule has 0 bridgehead atoms. The third-order valence-corrected chi connectivity index (χ3v) is 4.05. The molecule has 1 atom stereocenters. The maximum atomic E-state index is 13.1. The van der Waals surface area contributed by atoms with Crippen LogP contribution in [0.5, 0.6) is 0 Å². The van der Waals surface area contributed by atoms with Crippen LogP contribution in [0.25, 0.3) is 0 Å². The number of hydrogen-bond donors (Lipinski definition) is 0. The van der Waals surface area contributed by atoms with Gasteiger partial charge in [0.05, 0.1) is 12.7 Å². The summed E-state index contributed by atoms with van der Waals surface area (Å²) in [5.74, 6) is -0.191. The van der Waals surface area contributed by atoms with Crippen LogP contribution >= 0.6 is 0 Å². The molecule has 0 spiro atoms. The topological polar surface area (TPSA) is 47.4 Å². The zero-order valence-corrected chi connectivity index (χ0v) is 13.1. The van der Waals surface area contributed by atoms with Crippen LogP contribution in [-0.2, 0) is 16.1 Å². The summed E-state index contributed by atoms with van der Waals surface area (Å²) < 4.78 is 20.5. The Labute approximate surface area is 134 Å². The van der Waals surface area contributed by atoms with Crippen molar-refractivity contribution in [3.63, 3.8) is 0 Å². The number of hydrogen-bond acceptors (Lipinski definition) is 3. The highest BCUT2D eigenvalue weighted by molar-refractivity contribution is 5.81. The number of amides is 1. The summed E-state index contributed by atoms with van der Waals surface area (Å²) in [6.45, 7) is 3.49. The van der Waals surface area contributed by atoms with E-state index in [4.69, 9.17) is 4.74 Å². The molecule has 1 aromatic heterocycles. The first-order chi connectivity index (χ1) is 11.2. The molecule has 0 N–H and O–H groups in total. The van der Waals surface area contributed by atoms with Crippen molar-refractivity contribution < 1.29 is 13.9 Å². The van der Waals surface area contributed by atoms with Crippen molar-refractivity contribution >= 4 is 5.91 Å². The van der Waals surface area contributed by atoms with Crippen molar-refractivity contribution in [1.82, 2.24) is 14.7 Å². The average Bonchev–Trinajstić information content (AvgIpc) is 3.00. The predicted molar refractivity (Wildman–Crippen MR) is 83.1 cm³/mol. The molecule has 0 aliphatic carbocycles. The van der Waals surface area contributed by atoms with E-state index in [1.54, 1.807) is 21.8 Å². The molecule has 1 aliphatic heterocycles. The van der Waals surface area contributed by atoms with Crippen molar-refractivity contribution in [1.29, 1.82) is 0 Å². The van der Waals surface area contributed by atoms with E-state index in [0.717, 1.165) is 5.56 Å². The van der Waals surface area contributed by atoms with E-state index >= 15 is 0 Å². The second-order valence-electron chi connectivity index (χ2n) is 5.72. The zero-order valence-electron chi connectivity index (χ0n) is 13.1. The van der Waals surface area contributed by atoms with Gasteiger partial charge in [0.25, 0.3) is 0 Å². The van der Waals surface area contributed by atoms with E-state index < -0.39 is 0 Å². The minimum atomic E-state index is -0.262. The first-order valence-electron chi connectivity index (χ1n) is 7.81. The average molecular weight is 317 g/mol. The lowest BCUT2D eigenvalue weighted by Gasteiger charge is -2.40. The van der Waals surface area contributed by atoms with Crippen molar-refractivity contribution in [3.8, 4) is 0 Å². The lowest BCUT2D eigenvalue weighted by molar-refractivity contribution is -0.149. The number of carbonyl (C=O) groups is 1. The lowest BCUT2D eigenvalue weighted by atomic mass is 10.1. The molecule has 23 heavy (non-hydrogen) atoms. The maximum absolute atomic E-state index is 13.1. The molecule has 6 heteroatoms. The fourth-order valence-electron chi connectivity index (χ4n) is 2.71. The largest absolute Gasteiger partial charge is 0.370 e. The van der Waals surface area contributed by atoms with E-state index in [1.165, 1.54) is 12.1 Å². The first-order valence-corrected chi connectivity index (χ1v) is 7.81. The van der Waals surface area contributed by atoms with Crippen LogP contribution in [0.2, 0.25) is 0 Å². The van der Waals surface area contributed by atoms with E-state index in [1.807, 2.05) is 25.3 Å². The second kappa shape index (κ2) is 6.91. The van der Waals surface area contributed by atoms with Gasteiger partial charge in [-0.15, -0.1) is 0 Å². The molecule has 3 rings (SSSR count). The van der Waals surface area contributed by atoms with Crippen molar-refractivity contribution in [2.45, 2.75) is 32.1 Å². The van der Waals surface area contributed by atoms with Gasteiger partial charge in [0.15, 0.2) is 0 Å². The molecule has 1 aromatic carbocycles. The number of aromatic nitrogens is 2. The van der Waals surface area contributed by atoms with Crippen LogP contribution in [0.1, 0.15) is 24.9 Å². The van der Waals surface area contributed by atoms with Crippen LogP contribution in [-0.4, -0.2) is 39.8 Å². The molecule has 1 aliphatic rings. The minimum Gasteiger partial charge on any atom is -0.370 e. The highest BCUT2D eigenvalue weighted by Gasteiger charge is 2.35. The van der Waals surface area contributed by atoms with Gasteiger partial charge in [0.2, 0.25) is 5.91 Å². The molecule has 122 valence electrons. The molecule has 0 radical (unpaired) electrons. The molecule has 0 saturated carbocycles. The Morgan fingerprint density at radius 3 is 2.91 bits per heavy atom. The van der Waals surface area contributed by atoms with Gasteiger partial charge in [-0.3, -0.25) is 9.48 Å². The molecule has 1 unspecified atom stereocenters. The molecular weight excluding hydrogens is 297 g/mol. The van der Waals surface area contributed by atoms with Gasteiger partial charge >= 0.3 is 0 Å². The van der Waals surface area contributed by atoms with Crippen LogP contribution in [0.3, 0.4) is 0 Å². The van der Waals surface area contributed by atoms with E-state index in [9.17, 15) is 9.18 Å². The van der Waals surface area contributed by atoms with Crippen molar-refractivity contribution in [2.24, 2.45) is 0 Å². The highest BCUT2D eigenvalue weighted by atomic mass is 19.1. The monoisotopic (exact) mass is 317 g/mol. The Morgan fingerprint density at radius 2 is 2.26 bits per heavy atom. The predicted octanol–water partition coefficient (Wildman–Crippen LogP) is 2.40. The quantitative estimate of drug-likeness (QED) is 0.822. The number of benzene rings is 1. The minimum absolute atomic E-state index is 0.0114. The van der Waals surface area contributed by atoms with Crippen molar-refractivity contribution in [3.05, 3.63) is 54.1 Å². The van der Waals surface area contributed by atoms with Gasteiger partial charge in [-0.1, -0.05) is 19.1 Å². The van der Waals surface area contributed by atoms with Gasteiger partial charge in [-0.05, 0) is 30.2 Å². The molecule has 1 amide bonds. The normalized spacial score (nSPS) is 16.2. The maximum Gasteiger partial charge on any atom is 0.247 e. The lowest BCUT2D eigenvalue weighted by Crippen LogP contribution is -2.56. The summed E-state index contributed by atoms with van der Waals surface area (Å²) in [5, 5.41) is 4.15. The number of ether oxygens (including phenoxy) is 1. The summed E-state index contributed by atoms with van der Waals surface area (Å²) in [6, 6.07) is 7.93. The summed E-state index contributed by atoms with van der Waals surface area (Å²) >= 11 is 0. The molecule has 2 aromatic rings. The summed E-state index contributed by atoms with van der Waals surface area (Å²) in [5.41, 5.74) is 0.803. The van der Waals surface area contributed by atoms with Gasteiger partial charge in [-0.25, -0.2) is 4.39 Å². The number of nitrogens with zero attached hydrogens (tertiary/aromatic N) is 3.